The van der Waals surface area contributed by atoms with Crippen LogP contribution in [0.2, 0.25) is 0 Å². The van der Waals surface area contributed by atoms with Crippen molar-refractivity contribution < 1.29 is 22.0 Å². The van der Waals surface area contributed by atoms with Crippen LogP contribution < -0.4 is 0 Å². The highest BCUT2D eigenvalue weighted by molar-refractivity contribution is 6.30. The van der Waals surface area contributed by atoms with Crippen LogP contribution in [0.3, 0.4) is 0 Å². The van der Waals surface area contributed by atoms with E-state index < -0.39 is 29.1 Å². The molecule has 0 heterocycles. The van der Waals surface area contributed by atoms with E-state index in [9.17, 15) is 22.0 Å². The molecule has 0 nitrogen and oxygen atoms in total. The zero-order valence-corrected chi connectivity index (χ0v) is 5.68. The van der Waals surface area contributed by atoms with E-state index in [2.05, 4.69) is 0 Å². The molecule has 0 N–H and O–H groups in total. The topological polar surface area (TPSA) is 0 Å². The van der Waals surface area contributed by atoms with Crippen molar-refractivity contribution in [3.63, 3.8) is 0 Å². The summed E-state index contributed by atoms with van der Waals surface area (Å²) in [5, 5.41) is -1.37. The summed E-state index contributed by atoms with van der Waals surface area (Å²) in [5.74, 6) is -6.62. The highest BCUT2D eigenvalue weighted by Crippen LogP contribution is 2.45. The van der Waals surface area contributed by atoms with Gasteiger partial charge in [0.1, 0.15) is 0 Å². The Hall–Kier alpha value is -0.320. The van der Waals surface area contributed by atoms with E-state index in [1.54, 1.807) is 0 Å². The van der Waals surface area contributed by atoms with Crippen molar-refractivity contribution in [1.29, 1.82) is 0 Å². The maximum absolute atomic E-state index is 12.2. The van der Waals surface area contributed by atoms with Gasteiger partial charge in [0.05, 0.1) is 5.03 Å². The molecule has 0 aliphatic heterocycles. The molecule has 6 heteroatoms. The van der Waals surface area contributed by atoms with Crippen LogP contribution in [-0.2, 0) is 0 Å². The summed E-state index contributed by atoms with van der Waals surface area (Å²) in [6.07, 6.45) is -5.94. The molecule has 0 saturated carbocycles. The fraction of sp³-hybridized carbons (Fsp3) is 0.600. The first-order valence-electron chi connectivity index (χ1n) is 2.60. The Kier molecular flexibility index (Phi) is 1.86. The molecule has 0 radical (unpaired) electrons. The molecule has 0 fully saturated rings. The highest BCUT2D eigenvalue weighted by Gasteiger charge is 2.58. The Bertz CT molecular complexity index is 211. The van der Waals surface area contributed by atoms with Crippen molar-refractivity contribution in [1.82, 2.24) is 0 Å². The Morgan fingerprint density at radius 2 is 1.73 bits per heavy atom. The molecule has 2 atom stereocenters. The summed E-state index contributed by atoms with van der Waals surface area (Å²) in [5.41, 5.74) is 0. The van der Waals surface area contributed by atoms with Crippen molar-refractivity contribution in [2.45, 2.75) is 18.3 Å². The number of allylic oxidation sites excluding steroid dienone is 2. The van der Waals surface area contributed by atoms with E-state index in [1.165, 1.54) is 0 Å². The molecule has 1 aliphatic rings. The molecule has 2 unspecified atom stereocenters. The van der Waals surface area contributed by atoms with Gasteiger partial charge in [0, 0.05) is 0 Å². The second kappa shape index (κ2) is 2.33. The van der Waals surface area contributed by atoms with Crippen LogP contribution in [-0.4, -0.2) is 18.3 Å². The third-order valence-electron chi connectivity index (χ3n) is 1.35. The van der Waals surface area contributed by atoms with E-state index in [0.717, 1.165) is 0 Å². The summed E-state index contributed by atoms with van der Waals surface area (Å²) >= 11 is 4.70. The number of halogens is 6. The first-order chi connectivity index (χ1) is 4.89. The second-order valence-corrected chi connectivity index (χ2v) is 2.50. The van der Waals surface area contributed by atoms with Gasteiger partial charge >= 0.3 is 5.92 Å². The quantitative estimate of drug-likeness (QED) is 0.518. The number of rotatable bonds is 0. The molecule has 0 amide bonds. The van der Waals surface area contributed by atoms with E-state index >= 15 is 0 Å². The Balaban J connectivity index is 3.06. The smallest absolute Gasteiger partial charge is 0.238 e. The van der Waals surface area contributed by atoms with Crippen LogP contribution in [0.5, 0.6) is 0 Å². The first kappa shape index (κ1) is 8.77. The Labute approximate surface area is 63.6 Å². The van der Waals surface area contributed by atoms with Crippen molar-refractivity contribution in [3.8, 4) is 0 Å². The number of hydrogen-bond donors (Lipinski definition) is 0. The van der Waals surface area contributed by atoms with Gasteiger partial charge in [-0.05, 0) is 0 Å². The molecule has 0 aromatic carbocycles. The lowest BCUT2D eigenvalue weighted by Crippen LogP contribution is -2.30. The second-order valence-electron chi connectivity index (χ2n) is 2.09. The van der Waals surface area contributed by atoms with Crippen molar-refractivity contribution >= 4 is 11.6 Å². The predicted octanol–water partition coefficient (Wildman–Crippen LogP) is 2.73. The summed E-state index contributed by atoms with van der Waals surface area (Å²) in [6.45, 7) is 0. The van der Waals surface area contributed by atoms with Crippen LogP contribution in [0.15, 0.2) is 10.9 Å². The summed E-state index contributed by atoms with van der Waals surface area (Å²) < 4.78 is 60.6. The van der Waals surface area contributed by atoms with Gasteiger partial charge in [0.25, 0.3) is 0 Å². The summed E-state index contributed by atoms with van der Waals surface area (Å²) in [6, 6.07) is 0. The normalized spacial score (nSPS) is 36.5. The maximum Gasteiger partial charge on any atom is 0.333 e. The van der Waals surface area contributed by atoms with Crippen LogP contribution in [0.4, 0.5) is 22.0 Å². The number of hydrogen-bond acceptors (Lipinski definition) is 0. The van der Waals surface area contributed by atoms with Gasteiger partial charge < -0.3 is 0 Å². The van der Waals surface area contributed by atoms with Gasteiger partial charge in [-0.25, -0.2) is 13.2 Å². The van der Waals surface area contributed by atoms with Gasteiger partial charge in [-0.2, -0.15) is 8.78 Å². The van der Waals surface area contributed by atoms with Crippen molar-refractivity contribution in [2.24, 2.45) is 0 Å². The van der Waals surface area contributed by atoms with Gasteiger partial charge in [0.2, 0.25) is 6.17 Å². The molecule has 0 bridgehead atoms. The SMILES string of the molecule is FC1=C(Cl)C(F)C(F)C1(F)F. The Morgan fingerprint density at radius 1 is 1.27 bits per heavy atom. The summed E-state index contributed by atoms with van der Waals surface area (Å²) in [4.78, 5) is 0. The predicted molar refractivity (Wildman–Crippen MR) is 28.7 cm³/mol. The minimum absolute atomic E-state index is 1.37. The third-order valence-corrected chi connectivity index (χ3v) is 1.72. The standard InChI is InChI=1S/C5H2ClF5/c6-1-2(7)4(9)5(10,11)3(1)8/h2,4H. The van der Waals surface area contributed by atoms with E-state index in [4.69, 9.17) is 11.6 Å². The van der Waals surface area contributed by atoms with Gasteiger partial charge in [-0.1, -0.05) is 11.6 Å². The fourth-order valence-corrected chi connectivity index (χ4v) is 0.950. The number of alkyl halides is 4. The lowest BCUT2D eigenvalue weighted by molar-refractivity contribution is -0.0586. The fourth-order valence-electron chi connectivity index (χ4n) is 0.714. The monoisotopic (exact) mass is 192 g/mol. The molecule has 0 aromatic heterocycles. The third kappa shape index (κ3) is 1.02. The van der Waals surface area contributed by atoms with Crippen molar-refractivity contribution in [3.05, 3.63) is 10.9 Å². The van der Waals surface area contributed by atoms with Crippen LogP contribution in [0, 0.1) is 0 Å². The van der Waals surface area contributed by atoms with Crippen LogP contribution in [0.25, 0.3) is 0 Å². The molecule has 0 aromatic rings. The molecular formula is C5H2ClF5. The van der Waals surface area contributed by atoms with Gasteiger partial charge in [-0.3, -0.25) is 0 Å². The van der Waals surface area contributed by atoms with Crippen LogP contribution in [0.1, 0.15) is 0 Å². The van der Waals surface area contributed by atoms with E-state index in [-0.39, 0.29) is 0 Å². The molecule has 11 heavy (non-hydrogen) atoms. The molecule has 1 rings (SSSR count). The maximum atomic E-state index is 12.2. The molecule has 64 valence electrons. The first-order valence-corrected chi connectivity index (χ1v) is 2.98. The molecule has 1 aliphatic carbocycles. The van der Waals surface area contributed by atoms with E-state index in [0.29, 0.717) is 0 Å². The highest BCUT2D eigenvalue weighted by atomic mass is 35.5. The zero-order valence-electron chi connectivity index (χ0n) is 4.92. The minimum Gasteiger partial charge on any atom is -0.238 e. The van der Waals surface area contributed by atoms with E-state index in [1.807, 2.05) is 0 Å². The van der Waals surface area contributed by atoms with Crippen LogP contribution >= 0.6 is 11.6 Å². The lowest BCUT2D eigenvalue weighted by atomic mass is 10.2. The molecule has 0 saturated heterocycles. The molecular weight excluding hydrogens is 190 g/mol. The molecule has 0 spiro atoms. The minimum atomic E-state index is -4.41. The lowest BCUT2D eigenvalue weighted by Gasteiger charge is -2.11. The summed E-state index contributed by atoms with van der Waals surface area (Å²) in [7, 11) is 0. The van der Waals surface area contributed by atoms with Gasteiger partial charge in [-0.15, -0.1) is 0 Å². The van der Waals surface area contributed by atoms with Gasteiger partial charge in [0.15, 0.2) is 12.0 Å². The zero-order chi connectivity index (χ0) is 8.81. The average molecular weight is 193 g/mol. The Morgan fingerprint density at radius 3 is 1.82 bits per heavy atom. The largest absolute Gasteiger partial charge is 0.333 e. The average Bonchev–Trinajstić information content (AvgIpc) is 2.06. The van der Waals surface area contributed by atoms with Crippen molar-refractivity contribution in [2.75, 3.05) is 0 Å².